The van der Waals surface area contributed by atoms with Crippen molar-refractivity contribution >= 4 is 11.8 Å². The first-order valence-electron chi connectivity index (χ1n) is 10.2. The Morgan fingerprint density at radius 2 is 2.00 bits per heavy atom. The Hall–Kier alpha value is -1.20. The third-order valence-corrected chi connectivity index (χ3v) is 9.48. The lowest BCUT2D eigenvalue weighted by atomic mass is 9.57. The molecule has 4 rings (SSSR count). The first-order valence-corrected chi connectivity index (χ1v) is 10.2. The summed E-state index contributed by atoms with van der Waals surface area (Å²) in [4.78, 5) is 25.1. The molecule has 5 nitrogen and oxygen atoms in total. The molecule has 0 heterocycles. The summed E-state index contributed by atoms with van der Waals surface area (Å²) in [7, 11) is 0. The highest BCUT2D eigenvalue weighted by Gasteiger charge is 2.92. The molecule has 1 unspecified atom stereocenters. The van der Waals surface area contributed by atoms with Crippen LogP contribution >= 0.6 is 0 Å². The van der Waals surface area contributed by atoms with Gasteiger partial charge in [-0.2, -0.15) is 0 Å². The minimum atomic E-state index is -0.662. The molecule has 0 aromatic heterocycles. The van der Waals surface area contributed by atoms with E-state index < -0.39 is 30.2 Å². The maximum atomic E-state index is 13.1. The molecule has 0 bridgehead atoms. The van der Waals surface area contributed by atoms with Crippen LogP contribution in [-0.2, 0) is 14.3 Å². The molecule has 2 N–H and O–H groups in total. The molecule has 5 heteroatoms. The van der Waals surface area contributed by atoms with Gasteiger partial charge >= 0.3 is 5.97 Å². The Balaban J connectivity index is 1.89. The normalized spacial score (nSPS) is 55.9. The van der Waals surface area contributed by atoms with Gasteiger partial charge in [0.2, 0.25) is 0 Å². The van der Waals surface area contributed by atoms with Gasteiger partial charge in [0, 0.05) is 22.7 Å². The fraction of sp³-hybridized carbons (Fsp3) is 0.818. The van der Waals surface area contributed by atoms with Crippen molar-refractivity contribution in [1.29, 1.82) is 0 Å². The second kappa shape index (κ2) is 5.44. The number of carbonyl (C=O) groups excluding carboxylic acids is 2. The minimum absolute atomic E-state index is 0.0155. The lowest BCUT2D eigenvalue weighted by Gasteiger charge is -2.51. The molecule has 0 aromatic rings. The number of carbonyl (C=O) groups is 2. The van der Waals surface area contributed by atoms with Crippen molar-refractivity contribution in [3.8, 4) is 0 Å². The molecule has 27 heavy (non-hydrogen) atoms. The average Bonchev–Trinajstić information content (AvgIpc) is 3.02. The van der Waals surface area contributed by atoms with Gasteiger partial charge in [-0.05, 0) is 42.4 Å². The molecule has 4 aliphatic carbocycles. The van der Waals surface area contributed by atoms with E-state index in [1.54, 1.807) is 6.08 Å². The van der Waals surface area contributed by atoms with Crippen molar-refractivity contribution < 1.29 is 24.5 Å². The van der Waals surface area contributed by atoms with Gasteiger partial charge in [0.1, 0.15) is 18.5 Å². The Morgan fingerprint density at radius 3 is 2.59 bits per heavy atom. The highest BCUT2D eigenvalue weighted by Crippen LogP contribution is 2.91. The van der Waals surface area contributed by atoms with Crippen molar-refractivity contribution in [2.45, 2.75) is 65.6 Å². The van der Waals surface area contributed by atoms with Crippen molar-refractivity contribution in [1.82, 2.24) is 0 Å². The summed E-state index contributed by atoms with van der Waals surface area (Å²) in [6.45, 7) is 11.7. The van der Waals surface area contributed by atoms with E-state index in [1.165, 1.54) is 0 Å². The van der Waals surface area contributed by atoms with E-state index in [0.717, 1.165) is 12.8 Å². The summed E-state index contributed by atoms with van der Waals surface area (Å²) in [6.07, 6.45) is 3.31. The predicted octanol–water partition coefficient (Wildman–Crippen LogP) is 2.50. The first-order chi connectivity index (χ1) is 12.6. The van der Waals surface area contributed by atoms with Crippen LogP contribution in [0.1, 0.15) is 53.4 Å². The second-order valence-corrected chi connectivity index (χ2v) is 10.1. The van der Waals surface area contributed by atoms with E-state index in [-0.39, 0.29) is 34.0 Å². The average molecular weight is 376 g/mol. The van der Waals surface area contributed by atoms with E-state index in [9.17, 15) is 19.8 Å². The summed E-state index contributed by atoms with van der Waals surface area (Å²) in [5, 5.41) is 20.6. The highest BCUT2D eigenvalue weighted by molar-refractivity contribution is 5.94. The number of hydrogen-bond acceptors (Lipinski definition) is 5. The zero-order valence-electron chi connectivity index (χ0n) is 16.8. The van der Waals surface area contributed by atoms with Crippen LogP contribution in [0.4, 0.5) is 0 Å². The second-order valence-electron chi connectivity index (χ2n) is 10.1. The number of ether oxygens (including phenoxy) is 1. The van der Waals surface area contributed by atoms with E-state index in [1.807, 2.05) is 6.92 Å². The van der Waals surface area contributed by atoms with Crippen LogP contribution in [0.25, 0.3) is 0 Å². The fourth-order valence-electron chi connectivity index (χ4n) is 8.01. The number of rotatable bonds is 3. The Bertz CT molecular complexity index is 717. The lowest BCUT2D eigenvalue weighted by Crippen LogP contribution is -2.53. The number of hydrogen-bond donors (Lipinski definition) is 2. The van der Waals surface area contributed by atoms with Gasteiger partial charge < -0.3 is 14.9 Å². The predicted molar refractivity (Wildman–Crippen MR) is 99.5 cm³/mol. The van der Waals surface area contributed by atoms with Crippen LogP contribution in [0, 0.1) is 39.4 Å². The maximum absolute atomic E-state index is 13.1. The van der Waals surface area contributed by atoms with E-state index in [0.29, 0.717) is 18.6 Å². The summed E-state index contributed by atoms with van der Waals surface area (Å²) >= 11 is 0. The van der Waals surface area contributed by atoms with Gasteiger partial charge in [-0.3, -0.25) is 4.79 Å². The molecule has 4 aliphatic rings. The standard InChI is InChI=1S/C22H32O5/c1-6-19(4)10-15(27-16(25)11-23)20(5)12(2)9-22-14(24)7-8-21(22,18(20)22)13(3)17(19)26/h6,12-13,15,17-18,23,26H,1,7-11H2,2-5H3/t12-,13+,15-,17+,18+,19-,20+,21-,22?/m1/s1. The molecule has 150 valence electrons. The van der Waals surface area contributed by atoms with Crippen LogP contribution < -0.4 is 0 Å². The van der Waals surface area contributed by atoms with Crippen molar-refractivity contribution in [2.75, 3.05) is 6.61 Å². The molecule has 2 spiro atoms. The molecule has 4 fully saturated rings. The quantitative estimate of drug-likeness (QED) is 0.584. The number of esters is 1. The third-order valence-electron chi connectivity index (χ3n) is 9.48. The highest BCUT2D eigenvalue weighted by atomic mass is 16.6. The van der Waals surface area contributed by atoms with E-state index in [4.69, 9.17) is 4.74 Å². The van der Waals surface area contributed by atoms with Gasteiger partial charge in [0.25, 0.3) is 0 Å². The summed E-state index contributed by atoms with van der Waals surface area (Å²) < 4.78 is 5.79. The van der Waals surface area contributed by atoms with Gasteiger partial charge in [0.05, 0.1) is 6.10 Å². The summed E-state index contributed by atoms with van der Waals surface area (Å²) in [6, 6.07) is 0. The Kier molecular flexibility index (Phi) is 3.86. The number of ketones is 1. The Morgan fingerprint density at radius 1 is 1.33 bits per heavy atom. The van der Waals surface area contributed by atoms with Gasteiger partial charge in [-0.15, -0.1) is 6.58 Å². The fourth-order valence-corrected chi connectivity index (χ4v) is 8.01. The largest absolute Gasteiger partial charge is 0.460 e. The topological polar surface area (TPSA) is 83.8 Å². The molecular weight excluding hydrogens is 344 g/mol. The summed E-state index contributed by atoms with van der Waals surface area (Å²) in [5.41, 5.74) is -1.56. The SMILES string of the molecule is C=C[C@]1(C)C[C@@H](OC(=O)CO)[C@]2(C)[C@H](C)CC34C(=O)CC[C@@]3([C@@H](C)[C@@H]1O)[C@@H]42. The van der Waals surface area contributed by atoms with Crippen LogP contribution in [0.5, 0.6) is 0 Å². The number of aliphatic hydroxyl groups is 2. The molecular formula is C22H32O5. The molecule has 0 amide bonds. The van der Waals surface area contributed by atoms with Gasteiger partial charge in [-0.1, -0.05) is 33.8 Å². The van der Waals surface area contributed by atoms with Crippen LogP contribution in [0.15, 0.2) is 12.7 Å². The maximum Gasteiger partial charge on any atom is 0.332 e. The van der Waals surface area contributed by atoms with E-state index in [2.05, 4.69) is 27.4 Å². The molecule has 0 aliphatic heterocycles. The molecule has 0 radical (unpaired) electrons. The molecule has 0 saturated heterocycles. The van der Waals surface area contributed by atoms with Gasteiger partial charge in [-0.25, -0.2) is 4.79 Å². The molecule has 4 saturated carbocycles. The Labute approximate surface area is 161 Å². The third kappa shape index (κ3) is 1.88. The monoisotopic (exact) mass is 376 g/mol. The van der Waals surface area contributed by atoms with Crippen LogP contribution in [0.2, 0.25) is 0 Å². The first kappa shape index (κ1) is 19.1. The lowest BCUT2D eigenvalue weighted by molar-refractivity contribution is -0.173. The minimum Gasteiger partial charge on any atom is -0.460 e. The van der Waals surface area contributed by atoms with Crippen molar-refractivity contribution in [3.05, 3.63) is 12.7 Å². The van der Waals surface area contributed by atoms with Gasteiger partial charge in [0.15, 0.2) is 0 Å². The molecule has 9 atom stereocenters. The smallest absolute Gasteiger partial charge is 0.332 e. The van der Waals surface area contributed by atoms with E-state index >= 15 is 0 Å². The van der Waals surface area contributed by atoms with Crippen LogP contribution in [-0.4, -0.2) is 40.8 Å². The number of aliphatic hydroxyl groups excluding tert-OH is 2. The zero-order valence-corrected chi connectivity index (χ0v) is 16.8. The summed E-state index contributed by atoms with van der Waals surface area (Å²) in [5.74, 6) is 0.0276. The zero-order chi connectivity index (χ0) is 20.0. The van der Waals surface area contributed by atoms with Crippen LogP contribution in [0.3, 0.4) is 0 Å². The van der Waals surface area contributed by atoms with Crippen molar-refractivity contribution in [3.63, 3.8) is 0 Å². The van der Waals surface area contributed by atoms with Crippen molar-refractivity contribution in [2.24, 2.45) is 39.4 Å². The molecule has 0 aromatic carbocycles. The number of Topliss-reactive ketones (excluding diaryl/α,β-unsaturated/α-hetero) is 1.